The number of ether oxygens (including phenoxy) is 1. The molecule has 0 bridgehead atoms. The molecule has 0 fully saturated rings. The number of aromatic nitrogens is 2. The van der Waals surface area contributed by atoms with E-state index in [2.05, 4.69) is 9.83 Å². The number of benzene rings is 1. The van der Waals surface area contributed by atoms with E-state index < -0.39 is 5.54 Å². The molecule has 162 valence electrons. The number of thiophene rings is 1. The molecule has 1 aromatic carbocycles. The highest BCUT2D eigenvalue weighted by atomic mass is 32.1. The van der Waals surface area contributed by atoms with Crippen LogP contribution in [0.25, 0.3) is 26.1 Å². The van der Waals surface area contributed by atoms with Gasteiger partial charge in [-0.25, -0.2) is 15.9 Å². The molecule has 0 saturated heterocycles. The first-order valence-corrected chi connectivity index (χ1v) is 10.9. The van der Waals surface area contributed by atoms with Crippen LogP contribution in [0, 0.1) is 26.2 Å². The minimum Gasteiger partial charge on any atom is -0.438 e. The zero-order chi connectivity index (χ0) is 23.2. The molecule has 0 spiro atoms. The molecule has 0 aliphatic heterocycles. The summed E-state index contributed by atoms with van der Waals surface area (Å²) in [6.45, 7) is 14.8. The van der Waals surface area contributed by atoms with Gasteiger partial charge in [-0.2, -0.15) is 0 Å². The zero-order valence-corrected chi connectivity index (χ0v) is 19.3. The van der Waals surface area contributed by atoms with Gasteiger partial charge in [-0.3, -0.25) is 4.79 Å². The van der Waals surface area contributed by atoms with Crippen LogP contribution < -0.4 is 10.3 Å². The summed E-state index contributed by atoms with van der Waals surface area (Å²) in [4.78, 5) is 20.9. The SMILES string of the molecule is [C-]#[N+]C(C)(C)c1cnc(Oc2c(C)cc(F)cc2C)c(-c2cn(C)c(=O)c3ccsc23)c1. The zero-order valence-electron chi connectivity index (χ0n) is 18.5. The van der Waals surface area contributed by atoms with Gasteiger partial charge in [0.15, 0.2) is 0 Å². The van der Waals surface area contributed by atoms with Gasteiger partial charge in [-0.15, -0.1) is 11.3 Å². The lowest BCUT2D eigenvalue weighted by Crippen LogP contribution is -2.16. The minimum atomic E-state index is -0.781. The number of aryl methyl sites for hydroxylation is 3. The molecule has 0 aliphatic rings. The monoisotopic (exact) mass is 447 g/mol. The van der Waals surface area contributed by atoms with Crippen molar-refractivity contribution in [3.05, 3.63) is 86.3 Å². The Labute approximate surface area is 189 Å². The van der Waals surface area contributed by atoms with Crippen LogP contribution in [0.15, 0.2) is 46.8 Å². The summed E-state index contributed by atoms with van der Waals surface area (Å²) < 4.78 is 22.4. The topological polar surface area (TPSA) is 48.5 Å². The van der Waals surface area contributed by atoms with E-state index in [-0.39, 0.29) is 11.4 Å². The number of rotatable bonds is 4. The van der Waals surface area contributed by atoms with Crippen molar-refractivity contribution in [1.29, 1.82) is 0 Å². The van der Waals surface area contributed by atoms with Crippen molar-refractivity contribution < 1.29 is 9.13 Å². The Hall–Kier alpha value is -3.50. The lowest BCUT2D eigenvalue weighted by atomic mass is 9.94. The van der Waals surface area contributed by atoms with Crippen LogP contribution in [0.1, 0.15) is 30.5 Å². The first-order valence-electron chi connectivity index (χ1n) is 10.0. The highest BCUT2D eigenvalue weighted by Crippen LogP contribution is 2.40. The molecule has 5 nitrogen and oxygen atoms in total. The minimum absolute atomic E-state index is 0.0803. The van der Waals surface area contributed by atoms with Gasteiger partial charge in [0.1, 0.15) is 11.6 Å². The van der Waals surface area contributed by atoms with Crippen LogP contribution in [0.5, 0.6) is 11.6 Å². The van der Waals surface area contributed by atoms with E-state index in [0.717, 1.165) is 15.8 Å². The Morgan fingerprint density at radius 3 is 2.53 bits per heavy atom. The average molecular weight is 448 g/mol. The van der Waals surface area contributed by atoms with Gasteiger partial charge in [0.2, 0.25) is 5.88 Å². The lowest BCUT2D eigenvalue weighted by molar-refractivity contribution is 0.454. The summed E-state index contributed by atoms with van der Waals surface area (Å²) in [6.07, 6.45) is 3.41. The maximum absolute atomic E-state index is 13.8. The van der Waals surface area contributed by atoms with E-state index >= 15 is 0 Å². The summed E-state index contributed by atoms with van der Waals surface area (Å²) in [5, 5.41) is 2.50. The Morgan fingerprint density at radius 2 is 1.88 bits per heavy atom. The van der Waals surface area contributed by atoms with Crippen LogP contribution in [0.3, 0.4) is 0 Å². The van der Waals surface area contributed by atoms with E-state index in [9.17, 15) is 9.18 Å². The molecule has 4 rings (SSSR count). The number of hydrogen-bond acceptors (Lipinski definition) is 4. The van der Waals surface area contributed by atoms with Gasteiger partial charge in [0, 0.05) is 49.1 Å². The van der Waals surface area contributed by atoms with Crippen molar-refractivity contribution >= 4 is 21.4 Å². The van der Waals surface area contributed by atoms with Crippen molar-refractivity contribution in [1.82, 2.24) is 9.55 Å². The van der Waals surface area contributed by atoms with Gasteiger partial charge in [0.25, 0.3) is 11.1 Å². The predicted molar refractivity (Wildman–Crippen MR) is 126 cm³/mol. The van der Waals surface area contributed by atoms with Gasteiger partial charge in [-0.05, 0) is 54.6 Å². The molecular formula is C25H22FN3O2S. The van der Waals surface area contributed by atoms with Crippen LogP contribution in [-0.4, -0.2) is 9.55 Å². The molecule has 32 heavy (non-hydrogen) atoms. The summed E-state index contributed by atoms with van der Waals surface area (Å²) in [6, 6.07) is 6.54. The van der Waals surface area contributed by atoms with E-state index in [1.54, 1.807) is 39.4 Å². The summed E-state index contributed by atoms with van der Waals surface area (Å²) in [5.41, 5.74) is 2.65. The van der Waals surface area contributed by atoms with Crippen LogP contribution in [0.4, 0.5) is 4.39 Å². The van der Waals surface area contributed by atoms with Gasteiger partial charge < -0.3 is 14.1 Å². The number of fused-ring (bicyclic) bond motifs is 1. The molecule has 7 heteroatoms. The molecule has 0 N–H and O–H groups in total. The highest BCUT2D eigenvalue weighted by molar-refractivity contribution is 7.17. The van der Waals surface area contributed by atoms with E-state index in [1.807, 2.05) is 25.3 Å². The number of pyridine rings is 2. The number of hydrogen-bond donors (Lipinski definition) is 0. The molecule has 3 heterocycles. The molecule has 0 unspecified atom stereocenters. The van der Waals surface area contributed by atoms with Crippen LogP contribution in [-0.2, 0) is 12.6 Å². The summed E-state index contributed by atoms with van der Waals surface area (Å²) in [7, 11) is 1.71. The maximum atomic E-state index is 13.8. The van der Waals surface area contributed by atoms with Gasteiger partial charge >= 0.3 is 0 Å². The van der Waals surface area contributed by atoms with Crippen molar-refractivity contribution in [2.24, 2.45) is 7.05 Å². The second-order valence-corrected chi connectivity index (χ2v) is 9.26. The largest absolute Gasteiger partial charge is 0.438 e. The lowest BCUT2D eigenvalue weighted by Gasteiger charge is -2.18. The third-order valence-corrected chi connectivity index (χ3v) is 6.48. The fourth-order valence-corrected chi connectivity index (χ4v) is 4.57. The first-order chi connectivity index (χ1) is 15.1. The smallest absolute Gasteiger partial charge is 0.259 e. The second-order valence-electron chi connectivity index (χ2n) is 8.34. The Kier molecular flexibility index (Phi) is 5.35. The van der Waals surface area contributed by atoms with Gasteiger partial charge in [0.05, 0.1) is 10.9 Å². The molecular weight excluding hydrogens is 425 g/mol. The average Bonchev–Trinajstić information content (AvgIpc) is 3.23. The quantitative estimate of drug-likeness (QED) is 0.342. The predicted octanol–water partition coefficient (Wildman–Crippen LogP) is 6.36. The fourth-order valence-electron chi connectivity index (χ4n) is 3.66. The summed E-state index contributed by atoms with van der Waals surface area (Å²) in [5.74, 6) is 0.540. The van der Waals surface area contributed by atoms with Gasteiger partial charge in [-0.1, -0.05) is 0 Å². The van der Waals surface area contributed by atoms with E-state index in [0.29, 0.717) is 33.7 Å². The number of halogens is 1. The third-order valence-electron chi connectivity index (χ3n) is 5.53. The molecule has 0 atom stereocenters. The van der Waals surface area contributed by atoms with E-state index in [1.165, 1.54) is 28.0 Å². The Bertz CT molecular complexity index is 1440. The fraction of sp³-hybridized carbons (Fsp3) is 0.240. The second kappa shape index (κ2) is 7.88. The Balaban J connectivity index is 2.00. The molecule has 0 amide bonds. The van der Waals surface area contributed by atoms with Crippen molar-refractivity contribution in [3.63, 3.8) is 0 Å². The molecule has 0 aliphatic carbocycles. The normalized spacial score (nSPS) is 11.5. The molecule has 0 saturated carbocycles. The van der Waals surface area contributed by atoms with Crippen LogP contribution in [0.2, 0.25) is 0 Å². The van der Waals surface area contributed by atoms with Crippen molar-refractivity contribution in [2.45, 2.75) is 33.2 Å². The molecule has 0 radical (unpaired) electrons. The molecule has 3 aromatic heterocycles. The van der Waals surface area contributed by atoms with Crippen LogP contribution >= 0.6 is 11.3 Å². The standard InChI is InChI=1S/C25H22FN3O2S/c1-14-9-17(26)10-15(2)21(14)31-23-19(11-16(12-28-23)25(3,4)27-5)20-13-29(6)24(30)18-7-8-32-22(18)20/h7-13H,1-4,6H3. The molecule has 4 aromatic rings. The summed E-state index contributed by atoms with van der Waals surface area (Å²) >= 11 is 1.47. The van der Waals surface area contributed by atoms with Crippen molar-refractivity contribution in [2.75, 3.05) is 0 Å². The first kappa shape index (κ1) is 21.7. The van der Waals surface area contributed by atoms with E-state index in [4.69, 9.17) is 11.3 Å². The maximum Gasteiger partial charge on any atom is 0.259 e. The Morgan fingerprint density at radius 1 is 1.19 bits per heavy atom. The number of nitrogens with zero attached hydrogens (tertiary/aromatic N) is 3. The highest BCUT2D eigenvalue weighted by Gasteiger charge is 2.29. The third kappa shape index (κ3) is 3.67. The van der Waals surface area contributed by atoms with Crippen molar-refractivity contribution in [3.8, 4) is 22.8 Å².